The van der Waals surface area contributed by atoms with Gasteiger partial charge in [0.1, 0.15) is 0 Å². The molecule has 2 unspecified atom stereocenters. The number of amides is 1. The first-order chi connectivity index (χ1) is 10.5. The van der Waals surface area contributed by atoms with E-state index in [0.29, 0.717) is 5.92 Å². The van der Waals surface area contributed by atoms with Crippen LogP contribution >= 0.6 is 11.8 Å². The zero-order valence-corrected chi connectivity index (χ0v) is 14.5. The predicted octanol–water partition coefficient (Wildman–Crippen LogP) is 3.05. The average molecular weight is 322 g/mol. The van der Waals surface area contributed by atoms with E-state index in [0.717, 1.165) is 37.2 Å². The van der Waals surface area contributed by atoms with Gasteiger partial charge in [-0.3, -0.25) is 4.79 Å². The van der Waals surface area contributed by atoms with Crippen LogP contribution in [-0.2, 0) is 6.54 Å². The number of hydrogen-bond acceptors (Lipinski definition) is 4. The third kappa shape index (κ3) is 5.00. The van der Waals surface area contributed by atoms with Crippen molar-refractivity contribution in [2.24, 2.45) is 5.92 Å². The summed E-state index contributed by atoms with van der Waals surface area (Å²) in [5, 5.41) is 9.97. The van der Waals surface area contributed by atoms with E-state index in [9.17, 15) is 9.90 Å². The molecule has 0 spiro atoms. The maximum Gasteiger partial charge on any atom is 0.285 e. The van der Waals surface area contributed by atoms with Gasteiger partial charge in [0.25, 0.3) is 5.24 Å². The third-order valence-corrected chi connectivity index (χ3v) is 5.12. The summed E-state index contributed by atoms with van der Waals surface area (Å²) in [5.41, 5.74) is 1.20. The molecule has 0 bridgehead atoms. The molecule has 1 aromatic rings. The zero-order valence-electron chi connectivity index (χ0n) is 13.7. The number of nitrogens with zero attached hydrogens (tertiary/aromatic N) is 2. The van der Waals surface area contributed by atoms with Crippen molar-refractivity contribution in [3.63, 3.8) is 0 Å². The van der Waals surface area contributed by atoms with Crippen molar-refractivity contribution in [1.82, 2.24) is 9.80 Å². The van der Waals surface area contributed by atoms with Crippen LogP contribution in [0.15, 0.2) is 29.2 Å². The van der Waals surface area contributed by atoms with E-state index in [1.54, 1.807) is 19.0 Å². The van der Waals surface area contributed by atoms with E-state index < -0.39 is 0 Å². The summed E-state index contributed by atoms with van der Waals surface area (Å²) >= 11 is 1.25. The molecule has 2 rings (SSSR count). The number of carbonyl (C=O) groups is 1. The highest BCUT2D eigenvalue weighted by atomic mass is 32.2. The van der Waals surface area contributed by atoms with Gasteiger partial charge < -0.3 is 14.9 Å². The Hall–Kier alpha value is -1.04. The maximum atomic E-state index is 11.8. The highest BCUT2D eigenvalue weighted by molar-refractivity contribution is 8.13. The molecule has 122 valence electrons. The Morgan fingerprint density at radius 2 is 2.09 bits per heavy atom. The molecule has 0 aliphatic heterocycles. The maximum absolute atomic E-state index is 11.8. The number of benzene rings is 1. The Bertz CT molecular complexity index is 507. The highest BCUT2D eigenvalue weighted by Crippen LogP contribution is 2.27. The SMILES string of the molecule is CN(Cc1cccc(SC(=O)N(C)C)c1)CC1CCCC1O. The number of rotatable bonds is 5. The van der Waals surface area contributed by atoms with Gasteiger partial charge in [-0.1, -0.05) is 18.6 Å². The molecule has 1 saturated carbocycles. The van der Waals surface area contributed by atoms with Crippen LogP contribution in [0.5, 0.6) is 0 Å². The Morgan fingerprint density at radius 1 is 1.32 bits per heavy atom. The summed E-state index contributed by atoms with van der Waals surface area (Å²) in [6.45, 7) is 1.77. The smallest absolute Gasteiger partial charge is 0.285 e. The topological polar surface area (TPSA) is 43.8 Å². The molecule has 0 aromatic heterocycles. The average Bonchev–Trinajstić information content (AvgIpc) is 2.84. The van der Waals surface area contributed by atoms with Crippen LogP contribution in [0.1, 0.15) is 24.8 Å². The van der Waals surface area contributed by atoms with Crippen LogP contribution < -0.4 is 0 Å². The quantitative estimate of drug-likeness (QED) is 0.846. The first-order valence-electron chi connectivity index (χ1n) is 7.80. The Labute approximate surface area is 137 Å². The largest absolute Gasteiger partial charge is 0.393 e. The molecule has 4 nitrogen and oxygen atoms in total. The van der Waals surface area contributed by atoms with Crippen LogP contribution in [0.2, 0.25) is 0 Å². The van der Waals surface area contributed by atoms with Gasteiger partial charge in [0.15, 0.2) is 0 Å². The fraction of sp³-hybridized carbons (Fsp3) is 0.588. The fourth-order valence-electron chi connectivity index (χ4n) is 2.91. The number of thioether (sulfide) groups is 1. The predicted molar refractivity (Wildman–Crippen MR) is 91.1 cm³/mol. The van der Waals surface area contributed by atoms with Gasteiger partial charge in [-0.2, -0.15) is 0 Å². The molecule has 1 amide bonds. The van der Waals surface area contributed by atoms with E-state index in [2.05, 4.69) is 24.1 Å². The third-order valence-electron chi connectivity index (χ3n) is 4.09. The summed E-state index contributed by atoms with van der Waals surface area (Å²) in [6, 6.07) is 8.13. The number of carbonyl (C=O) groups excluding carboxylic acids is 1. The summed E-state index contributed by atoms with van der Waals surface area (Å²) in [5.74, 6) is 0.401. The summed E-state index contributed by atoms with van der Waals surface area (Å²) in [4.78, 5) is 16.6. The molecular formula is C17H26N2O2S. The Balaban J connectivity index is 1.90. The molecular weight excluding hydrogens is 296 g/mol. The molecule has 2 atom stereocenters. The van der Waals surface area contributed by atoms with Gasteiger partial charge in [-0.25, -0.2) is 0 Å². The first kappa shape index (κ1) is 17.3. The van der Waals surface area contributed by atoms with Gasteiger partial charge in [0, 0.05) is 32.1 Å². The molecule has 1 aromatic carbocycles. The molecule has 0 saturated heterocycles. The molecule has 22 heavy (non-hydrogen) atoms. The lowest BCUT2D eigenvalue weighted by Crippen LogP contribution is -2.29. The highest BCUT2D eigenvalue weighted by Gasteiger charge is 2.26. The van der Waals surface area contributed by atoms with Crippen molar-refractivity contribution >= 4 is 17.0 Å². The van der Waals surface area contributed by atoms with Gasteiger partial charge in [0.2, 0.25) is 0 Å². The van der Waals surface area contributed by atoms with Crippen molar-refractivity contribution in [2.75, 3.05) is 27.7 Å². The fourth-order valence-corrected chi connectivity index (χ4v) is 3.65. The van der Waals surface area contributed by atoms with Crippen molar-refractivity contribution < 1.29 is 9.90 Å². The molecule has 1 aliphatic rings. The minimum atomic E-state index is -0.137. The van der Waals surface area contributed by atoms with Gasteiger partial charge in [-0.05, 0) is 55.3 Å². The first-order valence-corrected chi connectivity index (χ1v) is 8.62. The van der Waals surface area contributed by atoms with Crippen molar-refractivity contribution in [1.29, 1.82) is 0 Å². The summed E-state index contributed by atoms with van der Waals surface area (Å²) < 4.78 is 0. The number of aliphatic hydroxyl groups is 1. The van der Waals surface area contributed by atoms with E-state index in [1.807, 2.05) is 12.1 Å². The molecule has 1 N–H and O–H groups in total. The number of hydrogen-bond donors (Lipinski definition) is 1. The van der Waals surface area contributed by atoms with Crippen LogP contribution in [0.25, 0.3) is 0 Å². The van der Waals surface area contributed by atoms with Crippen molar-refractivity contribution in [2.45, 2.75) is 36.8 Å². The Morgan fingerprint density at radius 3 is 2.73 bits per heavy atom. The second-order valence-electron chi connectivity index (χ2n) is 6.36. The zero-order chi connectivity index (χ0) is 16.1. The lowest BCUT2D eigenvalue weighted by molar-refractivity contribution is 0.108. The molecule has 0 radical (unpaired) electrons. The van der Waals surface area contributed by atoms with Crippen LogP contribution in [0, 0.1) is 5.92 Å². The van der Waals surface area contributed by atoms with Crippen LogP contribution in [0.3, 0.4) is 0 Å². The lowest BCUT2D eigenvalue weighted by atomic mass is 10.1. The van der Waals surface area contributed by atoms with Crippen LogP contribution in [0.4, 0.5) is 4.79 Å². The normalized spacial score (nSPS) is 21.3. The van der Waals surface area contributed by atoms with E-state index >= 15 is 0 Å². The van der Waals surface area contributed by atoms with Gasteiger partial charge >= 0.3 is 0 Å². The van der Waals surface area contributed by atoms with Crippen molar-refractivity contribution in [3.8, 4) is 0 Å². The molecule has 1 aliphatic carbocycles. The minimum Gasteiger partial charge on any atom is -0.393 e. The second kappa shape index (κ2) is 7.99. The molecule has 1 fully saturated rings. The standard InChI is InChI=1S/C17H26N2O2S/c1-18(2)17(21)22-15-8-4-6-13(10-15)11-19(3)12-14-7-5-9-16(14)20/h4,6,8,10,14,16,20H,5,7,9,11-12H2,1-3H3. The summed E-state index contributed by atoms with van der Waals surface area (Å²) in [7, 11) is 5.62. The monoisotopic (exact) mass is 322 g/mol. The Kier molecular flexibility index (Phi) is 6.29. The minimum absolute atomic E-state index is 0.0413. The summed E-state index contributed by atoms with van der Waals surface area (Å²) in [6.07, 6.45) is 3.07. The van der Waals surface area contributed by atoms with Gasteiger partial charge in [-0.15, -0.1) is 0 Å². The van der Waals surface area contributed by atoms with E-state index in [4.69, 9.17) is 0 Å². The van der Waals surface area contributed by atoms with Gasteiger partial charge in [0.05, 0.1) is 6.10 Å². The molecule has 5 heteroatoms. The second-order valence-corrected chi connectivity index (χ2v) is 7.39. The molecule has 0 heterocycles. The number of aliphatic hydroxyl groups excluding tert-OH is 1. The lowest BCUT2D eigenvalue weighted by Gasteiger charge is -2.23. The van der Waals surface area contributed by atoms with Crippen LogP contribution in [-0.4, -0.2) is 53.9 Å². The van der Waals surface area contributed by atoms with E-state index in [1.165, 1.54) is 17.3 Å². The van der Waals surface area contributed by atoms with E-state index in [-0.39, 0.29) is 11.3 Å². The van der Waals surface area contributed by atoms with Crippen molar-refractivity contribution in [3.05, 3.63) is 29.8 Å².